The maximum atomic E-state index is 6.31. The lowest BCUT2D eigenvalue weighted by molar-refractivity contribution is 0.00578. The van der Waals surface area contributed by atoms with Gasteiger partial charge in [-0.3, -0.25) is 4.98 Å². The molecule has 29 heavy (non-hydrogen) atoms. The van der Waals surface area contributed by atoms with Crippen molar-refractivity contribution in [1.29, 1.82) is 0 Å². The monoisotopic (exact) mass is 382 g/mol. The van der Waals surface area contributed by atoms with Crippen molar-refractivity contribution in [2.75, 3.05) is 0 Å². The lowest BCUT2D eigenvalue weighted by Gasteiger charge is -2.32. The van der Waals surface area contributed by atoms with Crippen molar-refractivity contribution in [1.82, 2.24) is 9.97 Å². The summed E-state index contributed by atoms with van der Waals surface area (Å²) in [5.74, 6) is 0. The molecule has 1 fully saturated rings. The molecule has 1 aliphatic rings. The smallest absolute Gasteiger partial charge is 0.399 e. The van der Waals surface area contributed by atoms with Crippen LogP contribution in [0.5, 0.6) is 0 Å². The lowest BCUT2D eigenvalue weighted by Crippen LogP contribution is -2.41. The standard InChI is InChI=1S/C24H23BN2O2/c1-23(2)24(3,4)29-25(28-23)19-10-6-5-9-18(19)20-14-13-17-12-11-16-8-7-15-26-21(16)22(17)27-20/h5-15H,1-4H3. The van der Waals surface area contributed by atoms with Crippen molar-refractivity contribution in [3.05, 3.63) is 66.9 Å². The second-order valence-corrected chi connectivity index (χ2v) is 8.58. The summed E-state index contributed by atoms with van der Waals surface area (Å²) in [6, 6.07) is 20.5. The predicted octanol–water partition coefficient (Wildman–Crippen LogP) is 4.75. The molecule has 144 valence electrons. The third-order valence-corrected chi connectivity index (χ3v) is 6.18. The number of fused-ring (bicyclic) bond motifs is 3. The fourth-order valence-electron chi connectivity index (χ4n) is 3.78. The Bertz CT molecular complexity index is 1220. The van der Waals surface area contributed by atoms with E-state index in [0.29, 0.717) is 0 Å². The zero-order valence-electron chi connectivity index (χ0n) is 17.1. The Morgan fingerprint density at radius 3 is 2.14 bits per heavy atom. The highest BCUT2D eigenvalue weighted by Crippen LogP contribution is 2.37. The molecule has 2 aromatic carbocycles. The van der Waals surface area contributed by atoms with Gasteiger partial charge in [-0.1, -0.05) is 48.5 Å². The molecular formula is C24H23BN2O2. The maximum absolute atomic E-state index is 6.31. The van der Waals surface area contributed by atoms with E-state index in [2.05, 4.69) is 75.1 Å². The van der Waals surface area contributed by atoms with Crippen LogP contribution >= 0.6 is 0 Å². The molecule has 0 bridgehead atoms. The van der Waals surface area contributed by atoms with E-state index in [-0.39, 0.29) is 11.2 Å². The van der Waals surface area contributed by atoms with Crippen LogP contribution in [0, 0.1) is 0 Å². The fourth-order valence-corrected chi connectivity index (χ4v) is 3.78. The van der Waals surface area contributed by atoms with Crippen LogP contribution in [0.4, 0.5) is 0 Å². The minimum atomic E-state index is -0.431. The van der Waals surface area contributed by atoms with Gasteiger partial charge < -0.3 is 9.31 Å². The number of hydrogen-bond acceptors (Lipinski definition) is 4. The van der Waals surface area contributed by atoms with Crippen LogP contribution in [0.3, 0.4) is 0 Å². The summed E-state index contributed by atoms with van der Waals surface area (Å²) >= 11 is 0. The number of hydrogen-bond donors (Lipinski definition) is 0. The van der Waals surface area contributed by atoms with Gasteiger partial charge in [0.15, 0.2) is 0 Å². The van der Waals surface area contributed by atoms with Crippen LogP contribution in [0.1, 0.15) is 27.7 Å². The van der Waals surface area contributed by atoms with E-state index in [9.17, 15) is 0 Å². The number of benzene rings is 2. The van der Waals surface area contributed by atoms with Crippen molar-refractivity contribution < 1.29 is 9.31 Å². The van der Waals surface area contributed by atoms with Crippen LogP contribution in [0.2, 0.25) is 0 Å². The molecule has 5 heteroatoms. The van der Waals surface area contributed by atoms with Gasteiger partial charge in [0.2, 0.25) is 0 Å². The topological polar surface area (TPSA) is 44.2 Å². The summed E-state index contributed by atoms with van der Waals surface area (Å²) in [6.07, 6.45) is 1.81. The van der Waals surface area contributed by atoms with Gasteiger partial charge in [-0.25, -0.2) is 4.98 Å². The van der Waals surface area contributed by atoms with Gasteiger partial charge in [-0.15, -0.1) is 0 Å². The molecule has 0 N–H and O–H groups in total. The largest absolute Gasteiger partial charge is 0.495 e. The van der Waals surface area contributed by atoms with E-state index in [1.807, 2.05) is 24.4 Å². The minimum absolute atomic E-state index is 0.387. The van der Waals surface area contributed by atoms with E-state index in [1.165, 1.54) is 0 Å². The average Bonchev–Trinajstić information content (AvgIpc) is 2.94. The minimum Gasteiger partial charge on any atom is -0.399 e. The summed E-state index contributed by atoms with van der Waals surface area (Å²) in [5.41, 5.74) is 3.95. The van der Waals surface area contributed by atoms with Crippen LogP contribution < -0.4 is 5.46 Å². The Morgan fingerprint density at radius 2 is 1.38 bits per heavy atom. The van der Waals surface area contributed by atoms with Crippen LogP contribution in [-0.4, -0.2) is 28.3 Å². The molecule has 0 unspecified atom stereocenters. The molecule has 0 amide bonds. The van der Waals surface area contributed by atoms with Crippen LogP contribution in [0.25, 0.3) is 33.1 Å². The molecule has 1 aliphatic heterocycles. The van der Waals surface area contributed by atoms with Crippen molar-refractivity contribution in [3.8, 4) is 11.3 Å². The first-order chi connectivity index (χ1) is 13.9. The molecular weight excluding hydrogens is 359 g/mol. The highest BCUT2D eigenvalue weighted by atomic mass is 16.7. The first-order valence-corrected chi connectivity index (χ1v) is 9.95. The summed E-state index contributed by atoms with van der Waals surface area (Å²) in [4.78, 5) is 9.57. The Morgan fingerprint density at radius 1 is 0.724 bits per heavy atom. The predicted molar refractivity (Wildman–Crippen MR) is 118 cm³/mol. The zero-order chi connectivity index (χ0) is 20.2. The van der Waals surface area contributed by atoms with Gasteiger partial charge in [0.25, 0.3) is 0 Å². The second kappa shape index (κ2) is 6.38. The summed E-state index contributed by atoms with van der Waals surface area (Å²) in [5, 5.41) is 2.16. The summed E-state index contributed by atoms with van der Waals surface area (Å²) in [6.45, 7) is 8.28. The van der Waals surface area contributed by atoms with Crippen molar-refractivity contribution in [3.63, 3.8) is 0 Å². The third-order valence-electron chi connectivity index (χ3n) is 6.18. The Kier molecular flexibility index (Phi) is 4.02. The third kappa shape index (κ3) is 2.93. The number of nitrogens with zero attached hydrogens (tertiary/aromatic N) is 2. The lowest BCUT2D eigenvalue weighted by atomic mass is 9.75. The Hall–Kier alpha value is -2.76. The molecule has 0 saturated carbocycles. The Labute approximate surface area is 171 Å². The molecule has 2 aromatic heterocycles. The van der Waals surface area contributed by atoms with Gasteiger partial charge in [-0.2, -0.15) is 0 Å². The van der Waals surface area contributed by atoms with Crippen LogP contribution in [0.15, 0.2) is 66.9 Å². The van der Waals surface area contributed by atoms with Gasteiger partial charge in [-0.05, 0) is 50.9 Å². The van der Waals surface area contributed by atoms with Crippen LogP contribution in [-0.2, 0) is 9.31 Å². The Balaban J connectivity index is 1.66. The molecule has 1 saturated heterocycles. The first-order valence-electron chi connectivity index (χ1n) is 9.95. The molecule has 0 aliphatic carbocycles. The van der Waals surface area contributed by atoms with Gasteiger partial charge in [0.05, 0.1) is 27.9 Å². The molecule has 0 spiro atoms. The van der Waals surface area contributed by atoms with E-state index in [1.54, 1.807) is 0 Å². The van der Waals surface area contributed by atoms with Crippen molar-refractivity contribution in [2.24, 2.45) is 0 Å². The molecule has 3 heterocycles. The second-order valence-electron chi connectivity index (χ2n) is 8.58. The SMILES string of the molecule is CC1(C)OB(c2ccccc2-c2ccc3ccc4cccnc4c3n2)OC1(C)C. The highest BCUT2D eigenvalue weighted by molar-refractivity contribution is 6.63. The summed E-state index contributed by atoms with van der Waals surface area (Å²) < 4.78 is 12.6. The highest BCUT2D eigenvalue weighted by Gasteiger charge is 2.52. The average molecular weight is 382 g/mol. The molecule has 0 atom stereocenters. The molecule has 4 nitrogen and oxygen atoms in total. The normalized spacial score (nSPS) is 17.9. The van der Waals surface area contributed by atoms with Gasteiger partial charge >= 0.3 is 7.12 Å². The maximum Gasteiger partial charge on any atom is 0.495 e. The number of rotatable bonds is 2. The zero-order valence-corrected chi connectivity index (χ0v) is 17.1. The summed E-state index contributed by atoms with van der Waals surface area (Å²) in [7, 11) is -0.431. The molecule has 5 rings (SSSR count). The van der Waals surface area contributed by atoms with E-state index < -0.39 is 7.12 Å². The number of pyridine rings is 2. The van der Waals surface area contributed by atoms with Crippen molar-refractivity contribution in [2.45, 2.75) is 38.9 Å². The van der Waals surface area contributed by atoms with E-state index in [4.69, 9.17) is 14.3 Å². The fraction of sp³-hybridized carbons (Fsp3) is 0.250. The molecule has 0 radical (unpaired) electrons. The van der Waals surface area contributed by atoms with Gasteiger partial charge in [0.1, 0.15) is 0 Å². The van der Waals surface area contributed by atoms with E-state index >= 15 is 0 Å². The van der Waals surface area contributed by atoms with E-state index in [0.717, 1.165) is 38.5 Å². The van der Waals surface area contributed by atoms with Gasteiger partial charge in [0, 0.05) is 17.0 Å². The first kappa shape index (κ1) is 18.3. The number of aromatic nitrogens is 2. The quantitative estimate of drug-likeness (QED) is 0.371. The molecule has 4 aromatic rings. The van der Waals surface area contributed by atoms with Crippen molar-refractivity contribution >= 4 is 34.4 Å².